The van der Waals surface area contributed by atoms with Gasteiger partial charge < -0.3 is 11.5 Å². The molecule has 0 spiro atoms. The molecule has 2 aromatic heterocycles. The van der Waals surface area contributed by atoms with E-state index in [0.29, 0.717) is 0 Å². The Morgan fingerprint density at radius 1 is 1.17 bits per heavy atom. The zero-order valence-electron chi connectivity index (χ0n) is 13.7. The summed E-state index contributed by atoms with van der Waals surface area (Å²) in [4.78, 5) is 9.01. The maximum Gasteiger partial charge on any atom is 0.191 e. The number of nitrogens with two attached hydrogens (primary N) is 2. The van der Waals surface area contributed by atoms with E-state index in [-0.39, 0.29) is 5.96 Å². The number of hydrogen-bond acceptors (Lipinski definition) is 5. The first-order valence-corrected chi connectivity index (χ1v) is 10.2. The minimum atomic E-state index is 0.0747. The van der Waals surface area contributed by atoms with Gasteiger partial charge in [-0.25, -0.2) is 9.98 Å². The Labute approximate surface area is 153 Å². The third-order valence-corrected chi connectivity index (χ3v) is 6.55. The molecule has 2 heterocycles. The van der Waals surface area contributed by atoms with Gasteiger partial charge in [-0.1, -0.05) is 17.7 Å². The SMILES string of the molecule is CSc1sc(N=C(N)N)cc1-c1nc(-c2cc(C)ccc2C)cs1. The molecule has 1 aromatic carbocycles. The zero-order valence-corrected chi connectivity index (χ0v) is 16.1. The van der Waals surface area contributed by atoms with Crippen molar-refractivity contribution in [2.45, 2.75) is 18.1 Å². The van der Waals surface area contributed by atoms with E-state index in [1.807, 2.05) is 12.3 Å². The lowest BCUT2D eigenvalue weighted by molar-refractivity contribution is 1.34. The molecule has 0 radical (unpaired) electrons. The van der Waals surface area contributed by atoms with Crippen molar-refractivity contribution < 1.29 is 0 Å². The lowest BCUT2D eigenvalue weighted by atomic mass is 10.0. The van der Waals surface area contributed by atoms with E-state index in [4.69, 9.17) is 16.5 Å². The highest BCUT2D eigenvalue weighted by atomic mass is 32.2. The highest BCUT2D eigenvalue weighted by Gasteiger charge is 2.15. The summed E-state index contributed by atoms with van der Waals surface area (Å²) in [5, 5.41) is 3.90. The molecule has 0 aliphatic heterocycles. The number of aryl methyl sites for hydroxylation is 2. The quantitative estimate of drug-likeness (QED) is 0.391. The van der Waals surface area contributed by atoms with Crippen molar-refractivity contribution in [2.24, 2.45) is 16.5 Å². The predicted molar refractivity (Wildman–Crippen MR) is 108 cm³/mol. The highest BCUT2D eigenvalue weighted by Crippen LogP contribution is 2.43. The Hall–Kier alpha value is -1.83. The lowest BCUT2D eigenvalue weighted by Gasteiger charge is -2.03. The fourth-order valence-electron chi connectivity index (χ4n) is 2.38. The Morgan fingerprint density at radius 2 is 1.96 bits per heavy atom. The Bertz CT molecular complexity index is 904. The van der Waals surface area contributed by atoms with Crippen LogP contribution < -0.4 is 11.5 Å². The van der Waals surface area contributed by atoms with Crippen LogP contribution >= 0.6 is 34.4 Å². The second kappa shape index (κ2) is 6.96. The number of aromatic nitrogens is 1. The smallest absolute Gasteiger partial charge is 0.191 e. The van der Waals surface area contributed by atoms with Gasteiger partial charge in [-0.2, -0.15) is 0 Å². The van der Waals surface area contributed by atoms with Crippen molar-refractivity contribution in [1.82, 2.24) is 4.98 Å². The molecule has 0 amide bonds. The number of thiazole rings is 1. The minimum Gasteiger partial charge on any atom is -0.370 e. The van der Waals surface area contributed by atoms with Gasteiger partial charge in [0.15, 0.2) is 5.96 Å². The number of thiophene rings is 1. The fourth-order valence-corrected chi connectivity index (χ4v) is 5.10. The molecule has 0 aliphatic rings. The first-order chi connectivity index (χ1) is 11.5. The molecular formula is C17H18N4S3. The van der Waals surface area contributed by atoms with Crippen LogP contribution in [0, 0.1) is 13.8 Å². The van der Waals surface area contributed by atoms with Gasteiger partial charge in [0, 0.05) is 16.5 Å². The summed E-state index contributed by atoms with van der Waals surface area (Å²) in [6.07, 6.45) is 2.05. The number of rotatable bonds is 4. The van der Waals surface area contributed by atoms with Gasteiger partial charge in [0.2, 0.25) is 0 Å². The minimum absolute atomic E-state index is 0.0747. The third kappa shape index (κ3) is 3.48. The van der Waals surface area contributed by atoms with Crippen LogP contribution in [0.1, 0.15) is 11.1 Å². The molecule has 4 nitrogen and oxygen atoms in total. The average molecular weight is 375 g/mol. The average Bonchev–Trinajstić information content (AvgIpc) is 3.15. The van der Waals surface area contributed by atoms with Crippen LogP contribution in [-0.2, 0) is 0 Å². The number of nitrogens with zero attached hydrogens (tertiary/aromatic N) is 2. The molecule has 0 saturated carbocycles. The van der Waals surface area contributed by atoms with Gasteiger partial charge in [-0.3, -0.25) is 0 Å². The molecule has 0 unspecified atom stereocenters. The summed E-state index contributed by atoms with van der Waals surface area (Å²) in [5.74, 6) is 0.0747. The van der Waals surface area contributed by atoms with E-state index in [1.54, 1.807) is 34.4 Å². The van der Waals surface area contributed by atoms with Crippen molar-refractivity contribution in [2.75, 3.05) is 6.26 Å². The normalized spacial score (nSPS) is 10.8. The molecule has 3 rings (SSSR count). The fraction of sp³-hybridized carbons (Fsp3) is 0.176. The molecule has 0 fully saturated rings. The van der Waals surface area contributed by atoms with Gasteiger partial charge in [0.25, 0.3) is 0 Å². The van der Waals surface area contributed by atoms with Crippen LogP contribution in [0.3, 0.4) is 0 Å². The summed E-state index contributed by atoms with van der Waals surface area (Å²) in [5.41, 5.74) is 16.7. The molecule has 0 aliphatic carbocycles. The number of benzene rings is 1. The molecule has 7 heteroatoms. The van der Waals surface area contributed by atoms with Gasteiger partial charge in [-0.05, 0) is 37.8 Å². The van der Waals surface area contributed by atoms with Crippen LogP contribution in [0.4, 0.5) is 5.00 Å². The molecule has 24 heavy (non-hydrogen) atoms. The van der Waals surface area contributed by atoms with Crippen LogP contribution in [0.5, 0.6) is 0 Å². The van der Waals surface area contributed by atoms with E-state index in [0.717, 1.165) is 25.5 Å². The van der Waals surface area contributed by atoms with Crippen molar-refractivity contribution in [3.63, 3.8) is 0 Å². The summed E-state index contributed by atoms with van der Waals surface area (Å²) in [6.45, 7) is 4.21. The van der Waals surface area contributed by atoms with Gasteiger partial charge >= 0.3 is 0 Å². The second-order valence-electron chi connectivity index (χ2n) is 5.38. The Morgan fingerprint density at radius 3 is 2.67 bits per heavy atom. The maximum absolute atomic E-state index is 5.49. The summed E-state index contributed by atoms with van der Waals surface area (Å²) in [6, 6.07) is 8.45. The largest absolute Gasteiger partial charge is 0.370 e. The third-order valence-electron chi connectivity index (χ3n) is 3.51. The van der Waals surface area contributed by atoms with E-state index < -0.39 is 0 Å². The van der Waals surface area contributed by atoms with Crippen molar-refractivity contribution in [1.29, 1.82) is 0 Å². The van der Waals surface area contributed by atoms with Gasteiger partial charge in [0.1, 0.15) is 10.0 Å². The number of hydrogen-bond donors (Lipinski definition) is 2. The summed E-state index contributed by atoms with van der Waals surface area (Å²) < 4.78 is 1.16. The summed E-state index contributed by atoms with van der Waals surface area (Å²) in [7, 11) is 0. The number of thioether (sulfide) groups is 1. The van der Waals surface area contributed by atoms with Crippen molar-refractivity contribution in [3.8, 4) is 21.8 Å². The van der Waals surface area contributed by atoms with E-state index in [1.165, 1.54) is 16.7 Å². The second-order valence-corrected chi connectivity index (χ2v) is 8.35. The van der Waals surface area contributed by atoms with E-state index in [2.05, 4.69) is 42.4 Å². The van der Waals surface area contributed by atoms with E-state index in [9.17, 15) is 0 Å². The number of guanidine groups is 1. The Balaban J connectivity index is 2.03. The van der Waals surface area contributed by atoms with Crippen LogP contribution in [0.25, 0.3) is 21.8 Å². The topological polar surface area (TPSA) is 77.3 Å². The summed E-state index contributed by atoms with van der Waals surface area (Å²) >= 11 is 4.90. The monoisotopic (exact) mass is 374 g/mol. The molecule has 3 aromatic rings. The molecule has 4 N–H and O–H groups in total. The first-order valence-electron chi connectivity index (χ1n) is 7.29. The van der Waals surface area contributed by atoms with E-state index >= 15 is 0 Å². The highest BCUT2D eigenvalue weighted by molar-refractivity contribution is 8.00. The molecule has 0 saturated heterocycles. The maximum atomic E-state index is 5.49. The van der Waals surface area contributed by atoms with Gasteiger partial charge in [0.05, 0.1) is 9.90 Å². The predicted octanol–water partition coefficient (Wildman–Crippen LogP) is 4.78. The van der Waals surface area contributed by atoms with Crippen LogP contribution in [0.15, 0.2) is 38.8 Å². The molecular weight excluding hydrogens is 356 g/mol. The van der Waals surface area contributed by atoms with Crippen LogP contribution in [-0.4, -0.2) is 17.2 Å². The molecule has 0 bridgehead atoms. The Kier molecular flexibility index (Phi) is 4.93. The van der Waals surface area contributed by atoms with Gasteiger partial charge in [-0.15, -0.1) is 34.4 Å². The van der Waals surface area contributed by atoms with Crippen molar-refractivity contribution in [3.05, 3.63) is 40.8 Å². The first kappa shape index (κ1) is 17.0. The molecule has 124 valence electrons. The van der Waals surface area contributed by atoms with Crippen molar-refractivity contribution >= 4 is 45.4 Å². The number of aliphatic imine (C=N–C) groups is 1. The molecule has 0 atom stereocenters. The zero-order chi connectivity index (χ0) is 17.3. The standard InChI is InChI=1S/C17H18N4S3/c1-9-4-5-10(2)11(6-9)13-8-23-15(20-13)12-7-14(21-17(18)19)24-16(12)22-3/h4-8H,1-3H3,(H4,18,19,21). The van der Waals surface area contributed by atoms with Crippen LogP contribution in [0.2, 0.25) is 0 Å². The lowest BCUT2D eigenvalue weighted by Crippen LogP contribution is -2.21.